The highest BCUT2D eigenvalue weighted by atomic mass is 19.1. The zero-order valence-corrected chi connectivity index (χ0v) is 10.3. The molecule has 2 heterocycles. The third kappa shape index (κ3) is 2.27. The number of anilines is 1. The third-order valence-electron chi connectivity index (χ3n) is 3.09. The van der Waals surface area contributed by atoms with E-state index in [0.29, 0.717) is 18.9 Å². The molecule has 3 aromatic rings. The summed E-state index contributed by atoms with van der Waals surface area (Å²) < 4.78 is 15.0. The Balaban J connectivity index is 1.87. The zero-order valence-electron chi connectivity index (χ0n) is 10.3. The monoisotopic (exact) mass is 256 g/mol. The standard InChI is InChI=1S/C14H13FN4/c15-11-3-1-2-10(8-11)5-7-19-13-4-6-17-9-12(13)18-14(19)16/h1-4,6,8-9H,5,7H2,(H2,16,18). The third-order valence-corrected chi connectivity index (χ3v) is 3.09. The maximum absolute atomic E-state index is 13.1. The molecule has 0 amide bonds. The van der Waals surface area contributed by atoms with Crippen LogP contribution in [0.2, 0.25) is 0 Å². The van der Waals surface area contributed by atoms with Crippen molar-refractivity contribution < 1.29 is 4.39 Å². The molecule has 5 heteroatoms. The van der Waals surface area contributed by atoms with Gasteiger partial charge in [0.2, 0.25) is 5.95 Å². The normalized spacial score (nSPS) is 11.0. The van der Waals surface area contributed by atoms with Crippen LogP contribution in [0.3, 0.4) is 0 Å². The maximum Gasteiger partial charge on any atom is 0.201 e. The topological polar surface area (TPSA) is 56.7 Å². The van der Waals surface area contributed by atoms with Crippen molar-refractivity contribution in [2.24, 2.45) is 0 Å². The summed E-state index contributed by atoms with van der Waals surface area (Å²) in [4.78, 5) is 8.26. The summed E-state index contributed by atoms with van der Waals surface area (Å²) >= 11 is 0. The molecular formula is C14H13FN4. The average Bonchev–Trinajstić information content (AvgIpc) is 2.72. The van der Waals surface area contributed by atoms with Gasteiger partial charge >= 0.3 is 0 Å². The first-order valence-electron chi connectivity index (χ1n) is 6.04. The number of halogens is 1. The molecule has 0 spiro atoms. The molecule has 3 rings (SSSR count). The molecule has 0 saturated heterocycles. The van der Waals surface area contributed by atoms with Gasteiger partial charge in [0.25, 0.3) is 0 Å². The lowest BCUT2D eigenvalue weighted by Crippen LogP contribution is -2.05. The molecular weight excluding hydrogens is 243 g/mol. The van der Waals surface area contributed by atoms with Gasteiger partial charge in [-0.2, -0.15) is 0 Å². The van der Waals surface area contributed by atoms with Crippen molar-refractivity contribution in [3.05, 3.63) is 54.1 Å². The van der Waals surface area contributed by atoms with E-state index in [9.17, 15) is 4.39 Å². The van der Waals surface area contributed by atoms with E-state index in [0.717, 1.165) is 16.6 Å². The van der Waals surface area contributed by atoms with Crippen molar-refractivity contribution in [1.29, 1.82) is 0 Å². The minimum absolute atomic E-state index is 0.217. The molecule has 0 aliphatic heterocycles. The van der Waals surface area contributed by atoms with Gasteiger partial charge in [0.15, 0.2) is 0 Å². The van der Waals surface area contributed by atoms with Gasteiger partial charge in [-0.25, -0.2) is 9.37 Å². The number of nitrogen functional groups attached to an aromatic ring is 1. The molecule has 0 radical (unpaired) electrons. The lowest BCUT2D eigenvalue weighted by Gasteiger charge is -2.06. The van der Waals surface area contributed by atoms with E-state index in [2.05, 4.69) is 9.97 Å². The fraction of sp³-hybridized carbons (Fsp3) is 0.143. The average molecular weight is 256 g/mol. The molecule has 0 aliphatic rings. The summed E-state index contributed by atoms with van der Waals surface area (Å²) in [5.74, 6) is 0.240. The minimum atomic E-state index is -0.217. The largest absolute Gasteiger partial charge is 0.369 e. The van der Waals surface area contributed by atoms with Crippen molar-refractivity contribution in [1.82, 2.24) is 14.5 Å². The number of hydrogen-bond acceptors (Lipinski definition) is 3. The molecule has 4 nitrogen and oxygen atoms in total. The second kappa shape index (κ2) is 4.68. The van der Waals surface area contributed by atoms with Crippen LogP contribution >= 0.6 is 0 Å². The molecule has 2 aromatic heterocycles. The Labute approximate surface area is 109 Å². The number of aromatic nitrogens is 3. The quantitative estimate of drug-likeness (QED) is 0.782. The molecule has 1 aromatic carbocycles. The Morgan fingerprint density at radius 3 is 3.00 bits per heavy atom. The number of hydrogen-bond donors (Lipinski definition) is 1. The fourth-order valence-electron chi connectivity index (χ4n) is 2.17. The van der Waals surface area contributed by atoms with Crippen molar-refractivity contribution in [3.63, 3.8) is 0 Å². The van der Waals surface area contributed by atoms with E-state index in [1.54, 1.807) is 18.5 Å². The lowest BCUT2D eigenvalue weighted by molar-refractivity contribution is 0.623. The number of nitrogens with zero attached hydrogens (tertiary/aromatic N) is 3. The van der Waals surface area contributed by atoms with E-state index >= 15 is 0 Å². The highest BCUT2D eigenvalue weighted by Gasteiger charge is 2.07. The van der Waals surface area contributed by atoms with Crippen LogP contribution in [0, 0.1) is 5.82 Å². The molecule has 0 atom stereocenters. The van der Waals surface area contributed by atoms with Crippen molar-refractivity contribution in [2.45, 2.75) is 13.0 Å². The number of benzene rings is 1. The first-order valence-corrected chi connectivity index (χ1v) is 6.04. The van der Waals surface area contributed by atoms with E-state index in [1.165, 1.54) is 12.1 Å². The van der Waals surface area contributed by atoms with Crippen LogP contribution < -0.4 is 5.73 Å². The Morgan fingerprint density at radius 1 is 1.26 bits per heavy atom. The second-order valence-corrected chi connectivity index (χ2v) is 4.37. The van der Waals surface area contributed by atoms with Crippen LogP contribution in [0.4, 0.5) is 10.3 Å². The van der Waals surface area contributed by atoms with Crippen molar-refractivity contribution in [2.75, 3.05) is 5.73 Å². The number of nitrogens with two attached hydrogens (primary N) is 1. The summed E-state index contributed by atoms with van der Waals surface area (Å²) in [5.41, 5.74) is 8.56. The first kappa shape index (κ1) is 11.6. The highest BCUT2D eigenvalue weighted by Crippen LogP contribution is 2.17. The van der Waals surface area contributed by atoms with Crippen LogP contribution in [-0.4, -0.2) is 14.5 Å². The summed E-state index contributed by atoms with van der Waals surface area (Å²) in [6.45, 7) is 0.662. The van der Waals surface area contributed by atoms with E-state index in [4.69, 9.17) is 5.73 Å². The summed E-state index contributed by atoms with van der Waals surface area (Å²) in [6.07, 6.45) is 4.10. The van der Waals surface area contributed by atoms with Gasteiger partial charge in [-0.15, -0.1) is 0 Å². The molecule has 0 fully saturated rings. The smallest absolute Gasteiger partial charge is 0.201 e. The summed E-state index contributed by atoms with van der Waals surface area (Å²) in [5, 5.41) is 0. The van der Waals surface area contributed by atoms with E-state index in [1.807, 2.05) is 16.7 Å². The molecule has 19 heavy (non-hydrogen) atoms. The van der Waals surface area contributed by atoms with Crippen molar-refractivity contribution >= 4 is 17.0 Å². The molecule has 0 bridgehead atoms. The first-order chi connectivity index (χ1) is 9.24. The minimum Gasteiger partial charge on any atom is -0.369 e. The summed E-state index contributed by atoms with van der Waals surface area (Å²) in [7, 11) is 0. The Kier molecular flexibility index (Phi) is 2.87. The Morgan fingerprint density at radius 2 is 2.16 bits per heavy atom. The van der Waals surface area contributed by atoms with Gasteiger partial charge in [0.05, 0.1) is 11.7 Å². The van der Waals surface area contributed by atoms with Crippen LogP contribution in [-0.2, 0) is 13.0 Å². The number of rotatable bonds is 3. The van der Waals surface area contributed by atoms with Gasteiger partial charge in [-0.3, -0.25) is 4.98 Å². The molecule has 0 unspecified atom stereocenters. The maximum atomic E-state index is 13.1. The van der Waals surface area contributed by atoms with Crippen LogP contribution in [0.15, 0.2) is 42.7 Å². The van der Waals surface area contributed by atoms with Gasteiger partial charge in [-0.05, 0) is 30.2 Å². The van der Waals surface area contributed by atoms with Crippen molar-refractivity contribution in [3.8, 4) is 0 Å². The Hall–Kier alpha value is -2.43. The highest BCUT2D eigenvalue weighted by molar-refractivity contribution is 5.77. The van der Waals surface area contributed by atoms with Gasteiger partial charge in [0, 0.05) is 12.7 Å². The lowest BCUT2D eigenvalue weighted by atomic mass is 10.1. The van der Waals surface area contributed by atoms with Crippen LogP contribution in [0.1, 0.15) is 5.56 Å². The predicted molar refractivity (Wildman–Crippen MR) is 72.0 cm³/mol. The molecule has 2 N–H and O–H groups in total. The van der Waals surface area contributed by atoms with Gasteiger partial charge < -0.3 is 10.3 Å². The number of imidazole rings is 1. The molecule has 96 valence electrons. The number of aryl methyl sites for hydroxylation is 2. The summed E-state index contributed by atoms with van der Waals surface area (Å²) in [6, 6.07) is 8.47. The van der Waals surface area contributed by atoms with E-state index < -0.39 is 0 Å². The zero-order chi connectivity index (χ0) is 13.2. The number of fused-ring (bicyclic) bond motifs is 1. The van der Waals surface area contributed by atoms with Gasteiger partial charge in [-0.1, -0.05) is 12.1 Å². The number of pyridine rings is 1. The Bertz CT molecular complexity index is 720. The molecule has 0 aliphatic carbocycles. The van der Waals surface area contributed by atoms with Gasteiger partial charge in [0.1, 0.15) is 11.3 Å². The molecule has 0 saturated carbocycles. The van der Waals surface area contributed by atoms with Crippen LogP contribution in [0.25, 0.3) is 11.0 Å². The SMILES string of the molecule is Nc1nc2cnccc2n1CCc1cccc(F)c1. The van der Waals surface area contributed by atoms with E-state index in [-0.39, 0.29) is 5.82 Å². The predicted octanol–water partition coefficient (Wildman–Crippen LogP) is 2.40. The second-order valence-electron chi connectivity index (χ2n) is 4.37. The van der Waals surface area contributed by atoms with Crippen LogP contribution in [0.5, 0.6) is 0 Å². The fourth-order valence-corrected chi connectivity index (χ4v) is 2.17.